The molecule has 0 spiro atoms. The van der Waals surface area contributed by atoms with Crippen LogP contribution in [0.25, 0.3) is 11.4 Å². The third-order valence-corrected chi connectivity index (χ3v) is 4.89. The summed E-state index contributed by atoms with van der Waals surface area (Å²) in [5.41, 5.74) is 2.64. The van der Waals surface area contributed by atoms with Crippen LogP contribution in [0.4, 0.5) is 0 Å². The van der Waals surface area contributed by atoms with E-state index in [1.165, 1.54) is 0 Å². The third-order valence-electron chi connectivity index (χ3n) is 4.64. The molecule has 1 fully saturated rings. The summed E-state index contributed by atoms with van der Waals surface area (Å²) in [7, 11) is 0. The van der Waals surface area contributed by atoms with E-state index in [-0.39, 0.29) is 11.9 Å². The SMILES string of the molecule is Cc1ccc(C(=O)N2CCCC2c2nc(-c3ccc(Cl)cc3)no2)cc1. The Kier molecular flexibility index (Phi) is 4.47. The Hall–Kier alpha value is -2.66. The van der Waals surface area contributed by atoms with Gasteiger partial charge >= 0.3 is 0 Å². The van der Waals surface area contributed by atoms with Gasteiger partial charge in [-0.25, -0.2) is 0 Å². The molecule has 1 amide bonds. The van der Waals surface area contributed by atoms with Crippen molar-refractivity contribution in [2.45, 2.75) is 25.8 Å². The Labute approximate surface area is 156 Å². The highest BCUT2D eigenvalue weighted by atomic mass is 35.5. The summed E-state index contributed by atoms with van der Waals surface area (Å²) in [6.45, 7) is 2.69. The molecule has 0 N–H and O–H groups in total. The summed E-state index contributed by atoms with van der Waals surface area (Å²) in [6.07, 6.45) is 1.74. The first-order valence-electron chi connectivity index (χ1n) is 8.59. The topological polar surface area (TPSA) is 59.2 Å². The van der Waals surface area contributed by atoms with Gasteiger partial charge in [0.1, 0.15) is 6.04 Å². The molecule has 1 aliphatic heterocycles. The molecule has 132 valence electrons. The van der Waals surface area contributed by atoms with Crippen LogP contribution in [0.15, 0.2) is 53.1 Å². The van der Waals surface area contributed by atoms with Crippen molar-refractivity contribution in [2.75, 3.05) is 6.54 Å². The summed E-state index contributed by atoms with van der Waals surface area (Å²) in [4.78, 5) is 19.2. The van der Waals surface area contributed by atoms with Crippen LogP contribution in [-0.2, 0) is 0 Å². The van der Waals surface area contributed by atoms with E-state index < -0.39 is 0 Å². The minimum Gasteiger partial charge on any atom is -0.337 e. The van der Waals surface area contributed by atoms with Gasteiger partial charge in [-0.2, -0.15) is 4.98 Å². The van der Waals surface area contributed by atoms with E-state index in [1.54, 1.807) is 12.1 Å². The number of hydrogen-bond acceptors (Lipinski definition) is 4. The molecule has 0 radical (unpaired) electrons. The highest BCUT2D eigenvalue weighted by Crippen LogP contribution is 2.33. The number of benzene rings is 2. The molecule has 6 heteroatoms. The predicted molar refractivity (Wildman–Crippen MR) is 98.9 cm³/mol. The minimum atomic E-state index is -0.183. The molecule has 0 aliphatic carbocycles. The molecule has 1 unspecified atom stereocenters. The Morgan fingerprint density at radius 1 is 1.15 bits per heavy atom. The fourth-order valence-corrected chi connectivity index (χ4v) is 3.34. The number of carbonyl (C=O) groups is 1. The Morgan fingerprint density at radius 2 is 1.88 bits per heavy atom. The largest absolute Gasteiger partial charge is 0.337 e. The standard InChI is InChI=1S/C20H18ClN3O2/c1-13-4-6-15(7-5-13)20(25)24-12-2-3-17(24)19-22-18(23-26-19)14-8-10-16(21)11-9-14/h4-11,17H,2-3,12H2,1H3. The van der Waals surface area contributed by atoms with Crippen molar-refractivity contribution in [3.05, 3.63) is 70.6 Å². The molecule has 0 bridgehead atoms. The molecule has 26 heavy (non-hydrogen) atoms. The van der Waals surface area contributed by atoms with Gasteiger partial charge in [0.15, 0.2) is 0 Å². The number of amides is 1. The van der Waals surface area contributed by atoms with Gasteiger partial charge in [-0.05, 0) is 56.2 Å². The lowest BCUT2D eigenvalue weighted by molar-refractivity contribution is 0.0710. The fourth-order valence-electron chi connectivity index (χ4n) is 3.22. The summed E-state index contributed by atoms with van der Waals surface area (Å²) in [6, 6.07) is 14.7. The molecule has 2 heterocycles. The Morgan fingerprint density at radius 3 is 2.62 bits per heavy atom. The van der Waals surface area contributed by atoms with Crippen LogP contribution in [0.1, 0.15) is 40.7 Å². The number of rotatable bonds is 3. The molecular formula is C20H18ClN3O2. The smallest absolute Gasteiger partial charge is 0.254 e. The van der Waals surface area contributed by atoms with Crippen molar-refractivity contribution in [1.82, 2.24) is 15.0 Å². The molecule has 4 rings (SSSR count). The number of halogens is 1. The maximum Gasteiger partial charge on any atom is 0.254 e. The zero-order chi connectivity index (χ0) is 18.1. The predicted octanol–water partition coefficient (Wildman–Crippen LogP) is 4.68. The first-order valence-corrected chi connectivity index (χ1v) is 8.97. The second-order valence-electron chi connectivity index (χ2n) is 6.49. The van der Waals surface area contributed by atoms with Crippen molar-refractivity contribution in [3.63, 3.8) is 0 Å². The molecule has 1 saturated heterocycles. The lowest BCUT2D eigenvalue weighted by atomic mass is 10.1. The minimum absolute atomic E-state index is 0.00116. The van der Waals surface area contributed by atoms with Crippen molar-refractivity contribution in [2.24, 2.45) is 0 Å². The zero-order valence-electron chi connectivity index (χ0n) is 14.4. The zero-order valence-corrected chi connectivity index (χ0v) is 15.1. The van der Waals surface area contributed by atoms with E-state index in [0.29, 0.717) is 28.8 Å². The normalized spacial score (nSPS) is 16.8. The summed E-state index contributed by atoms with van der Waals surface area (Å²) >= 11 is 5.92. The highest BCUT2D eigenvalue weighted by molar-refractivity contribution is 6.30. The summed E-state index contributed by atoms with van der Waals surface area (Å²) in [5.74, 6) is 0.984. The van der Waals surface area contributed by atoms with E-state index in [9.17, 15) is 4.79 Å². The van der Waals surface area contributed by atoms with Crippen LogP contribution in [0.3, 0.4) is 0 Å². The number of aromatic nitrogens is 2. The summed E-state index contributed by atoms with van der Waals surface area (Å²) < 4.78 is 5.48. The first-order chi connectivity index (χ1) is 12.6. The van der Waals surface area contributed by atoms with Crippen molar-refractivity contribution >= 4 is 17.5 Å². The maximum atomic E-state index is 12.9. The average molecular weight is 368 g/mol. The van der Waals surface area contributed by atoms with Gasteiger partial charge in [-0.3, -0.25) is 4.79 Å². The van der Waals surface area contributed by atoms with E-state index in [0.717, 1.165) is 24.0 Å². The lowest BCUT2D eigenvalue weighted by Crippen LogP contribution is -2.30. The first kappa shape index (κ1) is 16.8. The van der Waals surface area contributed by atoms with Crippen molar-refractivity contribution < 1.29 is 9.32 Å². The quantitative estimate of drug-likeness (QED) is 0.674. The fraction of sp³-hybridized carbons (Fsp3) is 0.250. The molecule has 1 atom stereocenters. The third kappa shape index (κ3) is 3.22. The van der Waals surface area contributed by atoms with Gasteiger partial charge < -0.3 is 9.42 Å². The van der Waals surface area contributed by atoms with Gasteiger partial charge in [-0.15, -0.1) is 0 Å². The Balaban J connectivity index is 1.58. The van der Waals surface area contributed by atoms with E-state index in [4.69, 9.17) is 16.1 Å². The molecule has 1 aliphatic rings. The lowest BCUT2D eigenvalue weighted by Gasteiger charge is -2.22. The monoisotopic (exact) mass is 367 g/mol. The molecule has 2 aromatic carbocycles. The molecule has 0 saturated carbocycles. The Bertz CT molecular complexity index is 919. The van der Waals surface area contributed by atoms with Crippen LogP contribution in [0, 0.1) is 6.92 Å². The summed E-state index contributed by atoms with van der Waals surface area (Å²) in [5, 5.41) is 4.73. The van der Waals surface area contributed by atoms with Gasteiger partial charge in [-0.1, -0.05) is 34.5 Å². The number of likely N-dealkylation sites (tertiary alicyclic amines) is 1. The molecular weight excluding hydrogens is 350 g/mol. The van der Waals surface area contributed by atoms with E-state index >= 15 is 0 Å². The van der Waals surface area contributed by atoms with E-state index in [2.05, 4.69) is 10.1 Å². The second-order valence-corrected chi connectivity index (χ2v) is 6.92. The van der Waals surface area contributed by atoms with Gasteiger partial charge in [0.25, 0.3) is 5.91 Å². The maximum absolute atomic E-state index is 12.9. The van der Waals surface area contributed by atoms with Crippen molar-refractivity contribution in [3.8, 4) is 11.4 Å². The number of aryl methyl sites for hydroxylation is 1. The van der Waals surface area contributed by atoms with Crippen LogP contribution >= 0.6 is 11.6 Å². The highest BCUT2D eigenvalue weighted by Gasteiger charge is 2.34. The van der Waals surface area contributed by atoms with Gasteiger partial charge in [0.05, 0.1) is 0 Å². The molecule has 5 nitrogen and oxygen atoms in total. The molecule has 1 aromatic heterocycles. The van der Waals surface area contributed by atoms with Crippen LogP contribution < -0.4 is 0 Å². The number of nitrogens with zero attached hydrogens (tertiary/aromatic N) is 3. The van der Waals surface area contributed by atoms with Gasteiger partial charge in [0, 0.05) is 22.7 Å². The number of carbonyl (C=O) groups excluding carboxylic acids is 1. The van der Waals surface area contributed by atoms with Crippen molar-refractivity contribution in [1.29, 1.82) is 0 Å². The van der Waals surface area contributed by atoms with E-state index in [1.807, 2.05) is 48.2 Å². The average Bonchev–Trinajstić information content (AvgIpc) is 3.31. The second kappa shape index (κ2) is 6.92. The van der Waals surface area contributed by atoms with Crippen LogP contribution in [0.2, 0.25) is 5.02 Å². The number of hydrogen-bond donors (Lipinski definition) is 0. The molecule has 3 aromatic rings. The van der Waals surface area contributed by atoms with Crippen LogP contribution in [0.5, 0.6) is 0 Å². The van der Waals surface area contributed by atoms with Gasteiger partial charge in [0.2, 0.25) is 11.7 Å². The van der Waals surface area contributed by atoms with Crippen LogP contribution in [-0.4, -0.2) is 27.5 Å².